The lowest BCUT2D eigenvalue weighted by atomic mass is 10.2. The first kappa shape index (κ1) is 12.4. The van der Waals surface area contributed by atoms with Crippen LogP contribution in [0.4, 0.5) is 13.2 Å². The highest BCUT2D eigenvalue weighted by atomic mass is 19.4. The highest BCUT2D eigenvalue weighted by Gasteiger charge is 2.31. The van der Waals surface area contributed by atoms with E-state index in [0.717, 1.165) is 0 Å². The van der Waals surface area contributed by atoms with Crippen LogP contribution < -0.4 is 4.74 Å². The average molecular weight is 258 g/mol. The van der Waals surface area contributed by atoms with E-state index in [1.807, 2.05) is 6.92 Å². The number of hydrogen-bond donors (Lipinski definition) is 0. The fourth-order valence-corrected chi connectivity index (χ4v) is 1.32. The molecule has 0 fully saturated rings. The van der Waals surface area contributed by atoms with Crippen molar-refractivity contribution in [2.75, 3.05) is 0 Å². The van der Waals surface area contributed by atoms with E-state index in [1.54, 1.807) is 0 Å². The molecule has 2 aromatic rings. The van der Waals surface area contributed by atoms with E-state index >= 15 is 0 Å². The Labute approximate surface area is 100 Å². The number of aromatic nitrogens is 2. The number of alkyl halides is 3. The Morgan fingerprint density at radius 2 is 1.89 bits per heavy atom. The summed E-state index contributed by atoms with van der Waals surface area (Å²) in [5.41, 5.74) is 0.563. The van der Waals surface area contributed by atoms with Gasteiger partial charge < -0.3 is 9.26 Å². The van der Waals surface area contributed by atoms with Crippen molar-refractivity contribution in [2.24, 2.45) is 0 Å². The van der Waals surface area contributed by atoms with Crippen LogP contribution >= 0.6 is 0 Å². The molecular formula is C11H9F3N2O2. The largest absolute Gasteiger partial charge is 0.573 e. The van der Waals surface area contributed by atoms with Gasteiger partial charge in [0.25, 0.3) is 0 Å². The van der Waals surface area contributed by atoms with Crippen LogP contribution in [0.15, 0.2) is 28.8 Å². The van der Waals surface area contributed by atoms with Gasteiger partial charge in [-0.05, 0) is 24.3 Å². The van der Waals surface area contributed by atoms with Crippen LogP contribution in [0.3, 0.4) is 0 Å². The van der Waals surface area contributed by atoms with E-state index in [9.17, 15) is 13.2 Å². The van der Waals surface area contributed by atoms with Gasteiger partial charge in [0.15, 0.2) is 0 Å². The molecule has 1 aromatic heterocycles. The highest BCUT2D eigenvalue weighted by Crippen LogP contribution is 2.25. The molecule has 0 radical (unpaired) electrons. The van der Waals surface area contributed by atoms with Gasteiger partial charge in [-0.25, -0.2) is 0 Å². The zero-order chi connectivity index (χ0) is 13.2. The van der Waals surface area contributed by atoms with Crippen LogP contribution in [0.2, 0.25) is 0 Å². The molecule has 96 valence electrons. The van der Waals surface area contributed by atoms with Crippen molar-refractivity contribution in [1.82, 2.24) is 10.1 Å². The van der Waals surface area contributed by atoms with E-state index in [4.69, 9.17) is 4.52 Å². The molecule has 4 nitrogen and oxygen atoms in total. The molecule has 0 bridgehead atoms. The molecule has 7 heteroatoms. The van der Waals surface area contributed by atoms with Crippen LogP contribution in [0.25, 0.3) is 11.4 Å². The Balaban J connectivity index is 2.17. The lowest BCUT2D eigenvalue weighted by molar-refractivity contribution is -0.274. The van der Waals surface area contributed by atoms with Crippen molar-refractivity contribution in [3.63, 3.8) is 0 Å². The fourth-order valence-electron chi connectivity index (χ4n) is 1.32. The molecule has 0 amide bonds. The Kier molecular flexibility index (Phi) is 3.22. The second-order valence-corrected chi connectivity index (χ2v) is 3.44. The first-order chi connectivity index (χ1) is 8.48. The third kappa shape index (κ3) is 2.99. The molecule has 18 heavy (non-hydrogen) atoms. The molecular weight excluding hydrogens is 249 g/mol. The average Bonchev–Trinajstić information content (AvgIpc) is 2.76. The Bertz CT molecular complexity index is 520. The van der Waals surface area contributed by atoms with Crippen molar-refractivity contribution in [1.29, 1.82) is 0 Å². The number of nitrogens with zero attached hydrogens (tertiary/aromatic N) is 2. The third-order valence-electron chi connectivity index (χ3n) is 2.12. The molecule has 1 heterocycles. The molecule has 0 aliphatic heterocycles. The standard InChI is InChI=1S/C11H9F3N2O2/c1-2-9-15-10(16-18-9)7-3-5-8(6-4-7)17-11(12,13)14/h3-6H,2H2,1H3. The predicted molar refractivity (Wildman–Crippen MR) is 55.8 cm³/mol. The van der Waals surface area contributed by atoms with Gasteiger partial charge in [0.2, 0.25) is 11.7 Å². The van der Waals surface area contributed by atoms with Crippen LogP contribution in [-0.4, -0.2) is 16.5 Å². The number of aryl methyl sites for hydroxylation is 1. The molecule has 0 N–H and O–H groups in total. The van der Waals surface area contributed by atoms with Crippen LogP contribution in [0.1, 0.15) is 12.8 Å². The molecule has 0 saturated carbocycles. The zero-order valence-electron chi connectivity index (χ0n) is 9.36. The zero-order valence-corrected chi connectivity index (χ0v) is 9.36. The Morgan fingerprint density at radius 3 is 2.39 bits per heavy atom. The van der Waals surface area contributed by atoms with Gasteiger partial charge in [0.1, 0.15) is 5.75 Å². The summed E-state index contributed by atoms with van der Waals surface area (Å²) in [6.07, 6.45) is -4.09. The van der Waals surface area contributed by atoms with Crippen LogP contribution in [0.5, 0.6) is 5.75 Å². The van der Waals surface area contributed by atoms with Crippen molar-refractivity contribution in [3.8, 4) is 17.1 Å². The second kappa shape index (κ2) is 4.67. The first-order valence-electron chi connectivity index (χ1n) is 5.16. The molecule has 0 spiro atoms. The topological polar surface area (TPSA) is 48.2 Å². The Hall–Kier alpha value is -2.05. The number of benzene rings is 1. The summed E-state index contributed by atoms with van der Waals surface area (Å²) in [5.74, 6) is 0.525. The minimum Gasteiger partial charge on any atom is -0.406 e. The van der Waals surface area contributed by atoms with Gasteiger partial charge in [0, 0.05) is 12.0 Å². The number of rotatable bonds is 3. The molecule has 2 rings (SSSR count). The fraction of sp³-hybridized carbons (Fsp3) is 0.273. The summed E-state index contributed by atoms with van der Waals surface area (Å²) in [7, 11) is 0. The summed E-state index contributed by atoms with van der Waals surface area (Å²) in [6.45, 7) is 1.86. The van der Waals surface area contributed by atoms with E-state index in [1.165, 1.54) is 24.3 Å². The summed E-state index contributed by atoms with van der Waals surface area (Å²) in [6, 6.07) is 5.27. The predicted octanol–water partition coefficient (Wildman–Crippen LogP) is 3.20. The van der Waals surface area contributed by atoms with Crippen molar-refractivity contribution >= 4 is 0 Å². The summed E-state index contributed by atoms with van der Waals surface area (Å²) < 4.78 is 44.5. The van der Waals surface area contributed by atoms with Gasteiger partial charge in [0.05, 0.1) is 0 Å². The van der Waals surface area contributed by atoms with E-state index in [-0.39, 0.29) is 5.75 Å². The van der Waals surface area contributed by atoms with Crippen molar-refractivity contribution in [3.05, 3.63) is 30.2 Å². The molecule has 0 aliphatic carbocycles. The molecule has 1 aromatic carbocycles. The highest BCUT2D eigenvalue weighted by molar-refractivity contribution is 5.55. The maximum atomic E-state index is 12.0. The SMILES string of the molecule is CCc1nc(-c2ccc(OC(F)(F)F)cc2)no1. The van der Waals surface area contributed by atoms with Gasteiger partial charge in [-0.3, -0.25) is 0 Å². The second-order valence-electron chi connectivity index (χ2n) is 3.44. The van der Waals surface area contributed by atoms with E-state index in [0.29, 0.717) is 23.7 Å². The van der Waals surface area contributed by atoms with Gasteiger partial charge in [-0.2, -0.15) is 4.98 Å². The maximum Gasteiger partial charge on any atom is 0.573 e. The minimum absolute atomic E-state index is 0.287. The number of hydrogen-bond acceptors (Lipinski definition) is 4. The molecule has 0 saturated heterocycles. The van der Waals surface area contributed by atoms with Gasteiger partial charge in [-0.15, -0.1) is 13.2 Å². The summed E-state index contributed by atoms with van der Waals surface area (Å²) >= 11 is 0. The summed E-state index contributed by atoms with van der Waals surface area (Å²) in [5, 5.41) is 3.71. The Morgan fingerprint density at radius 1 is 1.22 bits per heavy atom. The van der Waals surface area contributed by atoms with Crippen molar-refractivity contribution in [2.45, 2.75) is 19.7 Å². The number of halogens is 3. The lowest BCUT2D eigenvalue weighted by Gasteiger charge is -2.08. The third-order valence-corrected chi connectivity index (χ3v) is 2.12. The lowest BCUT2D eigenvalue weighted by Crippen LogP contribution is -2.16. The molecule has 0 aliphatic rings. The van der Waals surface area contributed by atoms with E-state index in [2.05, 4.69) is 14.9 Å². The molecule has 0 unspecified atom stereocenters. The number of ether oxygens (including phenoxy) is 1. The monoisotopic (exact) mass is 258 g/mol. The van der Waals surface area contributed by atoms with Crippen LogP contribution in [-0.2, 0) is 6.42 Å². The van der Waals surface area contributed by atoms with E-state index < -0.39 is 6.36 Å². The minimum atomic E-state index is -4.69. The van der Waals surface area contributed by atoms with Crippen LogP contribution in [0, 0.1) is 0 Å². The van der Waals surface area contributed by atoms with Gasteiger partial charge in [-0.1, -0.05) is 12.1 Å². The molecule has 0 atom stereocenters. The normalized spacial score (nSPS) is 11.6. The quantitative estimate of drug-likeness (QED) is 0.848. The first-order valence-corrected chi connectivity index (χ1v) is 5.16. The summed E-state index contributed by atoms with van der Waals surface area (Å²) in [4.78, 5) is 4.06. The maximum absolute atomic E-state index is 12.0. The smallest absolute Gasteiger partial charge is 0.406 e. The van der Waals surface area contributed by atoms with Gasteiger partial charge >= 0.3 is 6.36 Å². The van der Waals surface area contributed by atoms with Crippen molar-refractivity contribution < 1.29 is 22.4 Å².